The molecular formula is C17H21N3O6. The molecule has 9 heteroatoms. The Balaban J connectivity index is 1.49. The highest BCUT2D eigenvalue weighted by Gasteiger charge is 2.42. The number of anilines is 1. The number of nitro groups is 1. The van der Waals surface area contributed by atoms with Gasteiger partial charge >= 0.3 is 11.8 Å². The van der Waals surface area contributed by atoms with Crippen molar-refractivity contribution in [2.24, 2.45) is 0 Å². The van der Waals surface area contributed by atoms with Crippen LogP contribution in [-0.4, -0.2) is 41.8 Å². The van der Waals surface area contributed by atoms with E-state index in [0.717, 1.165) is 25.7 Å². The fraction of sp³-hybridized carbons (Fsp3) is 0.529. The van der Waals surface area contributed by atoms with Gasteiger partial charge in [0.05, 0.1) is 11.5 Å². The minimum Gasteiger partial charge on any atom is -0.347 e. The van der Waals surface area contributed by atoms with E-state index in [4.69, 9.17) is 9.47 Å². The topological polar surface area (TPSA) is 120 Å². The normalized spacial score (nSPS) is 21.3. The van der Waals surface area contributed by atoms with Gasteiger partial charge in [-0.05, 0) is 18.9 Å². The van der Waals surface area contributed by atoms with E-state index in [-0.39, 0.29) is 24.0 Å². The summed E-state index contributed by atoms with van der Waals surface area (Å²) in [6.07, 6.45) is 4.65. The van der Waals surface area contributed by atoms with Gasteiger partial charge in [-0.15, -0.1) is 0 Å². The van der Waals surface area contributed by atoms with Crippen molar-refractivity contribution in [1.82, 2.24) is 5.32 Å². The Labute approximate surface area is 150 Å². The van der Waals surface area contributed by atoms with Crippen molar-refractivity contribution >= 4 is 23.2 Å². The predicted octanol–water partition coefficient (Wildman–Crippen LogP) is 1.73. The molecule has 26 heavy (non-hydrogen) atoms. The van der Waals surface area contributed by atoms with Crippen molar-refractivity contribution in [2.75, 3.05) is 18.5 Å². The summed E-state index contributed by atoms with van der Waals surface area (Å²) in [7, 11) is 0. The second-order valence-electron chi connectivity index (χ2n) is 6.46. The molecule has 1 saturated heterocycles. The Morgan fingerprint density at radius 3 is 2.65 bits per heavy atom. The second kappa shape index (κ2) is 7.79. The maximum absolute atomic E-state index is 12.0. The first-order valence-corrected chi connectivity index (χ1v) is 8.63. The van der Waals surface area contributed by atoms with Gasteiger partial charge < -0.3 is 20.1 Å². The number of nitro benzene ring substituents is 1. The molecule has 3 rings (SSSR count). The SMILES string of the molecule is O=C(NC[C@H]1COC2(CCCCC2)O1)C(=O)Nc1ccccc1[N+](=O)[O-]. The Morgan fingerprint density at radius 2 is 1.92 bits per heavy atom. The Hall–Kier alpha value is -2.52. The molecular weight excluding hydrogens is 342 g/mol. The van der Waals surface area contributed by atoms with Crippen LogP contribution in [0.15, 0.2) is 24.3 Å². The van der Waals surface area contributed by atoms with Crippen LogP contribution in [0.4, 0.5) is 11.4 Å². The third-order valence-electron chi connectivity index (χ3n) is 4.57. The van der Waals surface area contributed by atoms with Crippen molar-refractivity contribution in [3.05, 3.63) is 34.4 Å². The van der Waals surface area contributed by atoms with Gasteiger partial charge in [0, 0.05) is 25.5 Å². The van der Waals surface area contributed by atoms with Crippen LogP contribution >= 0.6 is 0 Å². The number of carbonyl (C=O) groups is 2. The quantitative estimate of drug-likeness (QED) is 0.477. The van der Waals surface area contributed by atoms with Gasteiger partial charge in [0.1, 0.15) is 11.8 Å². The Kier molecular flexibility index (Phi) is 5.48. The number of hydrogen-bond donors (Lipinski definition) is 2. The highest BCUT2D eigenvalue weighted by molar-refractivity contribution is 6.39. The minimum atomic E-state index is -0.967. The van der Waals surface area contributed by atoms with Crippen molar-refractivity contribution in [2.45, 2.75) is 44.0 Å². The van der Waals surface area contributed by atoms with E-state index < -0.39 is 22.5 Å². The molecule has 0 bridgehead atoms. The summed E-state index contributed by atoms with van der Waals surface area (Å²) < 4.78 is 11.7. The lowest BCUT2D eigenvalue weighted by Gasteiger charge is -2.31. The first-order chi connectivity index (χ1) is 12.5. The zero-order valence-electron chi connectivity index (χ0n) is 14.2. The van der Waals surface area contributed by atoms with Crippen molar-refractivity contribution in [3.8, 4) is 0 Å². The van der Waals surface area contributed by atoms with Gasteiger partial charge in [0.2, 0.25) is 0 Å². The number of para-hydroxylation sites is 2. The average molecular weight is 363 g/mol. The van der Waals surface area contributed by atoms with Gasteiger partial charge in [0.25, 0.3) is 5.69 Å². The molecule has 1 heterocycles. The standard InChI is InChI=1S/C17H21N3O6/c21-15(16(22)19-13-6-2-3-7-14(13)20(23)24)18-10-12-11-25-17(26-12)8-4-1-5-9-17/h2-3,6-7,12H,1,4-5,8-11H2,(H,18,21)(H,19,22)/t12-/m0/s1. The van der Waals surface area contributed by atoms with Gasteiger partial charge in [0.15, 0.2) is 5.79 Å². The third-order valence-corrected chi connectivity index (χ3v) is 4.57. The molecule has 140 valence electrons. The highest BCUT2D eigenvalue weighted by Crippen LogP contribution is 2.37. The number of ether oxygens (including phenoxy) is 2. The number of nitrogens with one attached hydrogen (secondary N) is 2. The number of nitrogens with zero attached hydrogens (tertiary/aromatic N) is 1. The molecule has 0 unspecified atom stereocenters. The number of amides is 2. The van der Waals surface area contributed by atoms with Crippen LogP contribution in [-0.2, 0) is 19.1 Å². The number of rotatable bonds is 4. The van der Waals surface area contributed by atoms with E-state index in [1.807, 2.05) is 0 Å². The second-order valence-corrected chi connectivity index (χ2v) is 6.46. The monoisotopic (exact) mass is 363 g/mol. The predicted molar refractivity (Wildman–Crippen MR) is 91.4 cm³/mol. The van der Waals surface area contributed by atoms with Gasteiger partial charge in [-0.1, -0.05) is 18.6 Å². The van der Waals surface area contributed by atoms with E-state index in [1.54, 1.807) is 0 Å². The summed E-state index contributed by atoms with van der Waals surface area (Å²) in [5.41, 5.74) is -0.306. The minimum absolute atomic E-state index is 0.0285. The molecule has 1 atom stereocenters. The van der Waals surface area contributed by atoms with E-state index in [1.165, 1.54) is 30.7 Å². The average Bonchev–Trinajstić information content (AvgIpc) is 3.02. The van der Waals surface area contributed by atoms with Gasteiger partial charge in [-0.3, -0.25) is 19.7 Å². The third kappa shape index (κ3) is 4.17. The van der Waals surface area contributed by atoms with Crippen LogP contribution in [0.3, 0.4) is 0 Å². The zero-order valence-corrected chi connectivity index (χ0v) is 14.2. The maximum Gasteiger partial charge on any atom is 0.313 e. The van der Waals surface area contributed by atoms with Crippen LogP contribution < -0.4 is 10.6 Å². The maximum atomic E-state index is 12.0. The fourth-order valence-electron chi connectivity index (χ4n) is 3.27. The molecule has 0 aromatic heterocycles. The van der Waals surface area contributed by atoms with Crippen LogP contribution in [0.5, 0.6) is 0 Å². The van der Waals surface area contributed by atoms with Crippen LogP contribution in [0.1, 0.15) is 32.1 Å². The molecule has 9 nitrogen and oxygen atoms in total. The lowest BCUT2D eigenvalue weighted by molar-refractivity contribution is -0.383. The molecule has 2 fully saturated rings. The number of hydrogen-bond acceptors (Lipinski definition) is 6. The van der Waals surface area contributed by atoms with Crippen LogP contribution in [0.25, 0.3) is 0 Å². The number of benzene rings is 1. The van der Waals surface area contributed by atoms with E-state index in [9.17, 15) is 19.7 Å². The van der Waals surface area contributed by atoms with Crippen molar-refractivity contribution in [3.63, 3.8) is 0 Å². The molecule has 1 spiro atoms. The van der Waals surface area contributed by atoms with E-state index in [2.05, 4.69) is 10.6 Å². The van der Waals surface area contributed by atoms with Crippen molar-refractivity contribution in [1.29, 1.82) is 0 Å². The molecule has 1 aromatic carbocycles. The summed E-state index contributed by atoms with van der Waals surface area (Å²) in [6, 6.07) is 5.63. The summed E-state index contributed by atoms with van der Waals surface area (Å²) in [5.74, 6) is -2.39. The lowest BCUT2D eigenvalue weighted by Crippen LogP contribution is -2.41. The molecule has 1 aromatic rings. The molecule has 0 radical (unpaired) electrons. The van der Waals surface area contributed by atoms with Gasteiger partial charge in [-0.2, -0.15) is 0 Å². The molecule has 1 aliphatic heterocycles. The van der Waals surface area contributed by atoms with Crippen LogP contribution in [0.2, 0.25) is 0 Å². The molecule has 2 aliphatic rings. The van der Waals surface area contributed by atoms with E-state index >= 15 is 0 Å². The largest absolute Gasteiger partial charge is 0.347 e. The Morgan fingerprint density at radius 1 is 1.19 bits per heavy atom. The highest BCUT2D eigenvalue weighted by atomic mass is 16.7. The smallest absolute Gasteiger partial charge is 0.313 e. The fourth-order valence-corrected chi connectivity index (χ4v) is 3.27. The number of carbonyl (C=O) groups excluding carboxylic acids is 2. The first kappa shape index (κ1) is 18.3. The molecule has 2 N–H and O–H groups in total. The summed E-state index contributed by atoms with van der Waals surface area (Å²) >= 11 is 0. The zero-order chi connectivity index (χ0) is 18.6. The first-order valence-electron chi connectivity index (χ1n) is 8.63. The summed E-state index contributed by atoms with van der Waals surface area (Å²) in [5, 5.41) is 15.7. The summed E-state index contributed by atoms with van der Waals surface area (Å²) in [6.45, 7) is 0.511. The van der Waals surface area contributed by atoms with Crippen molar-refractivity contribution < 1.29 is 24.0 Å². The van der Waals surface area contributed by atoms with Gasteiger partial charge in [-0.25, -0.2) is 0 Å². The molecule has 1 aliphatic carbocycles. The van der Waals surface area contributed by atoms with Crippen LogP contribution in [0, 0.1) is 10.1 Å². The molecule has 1 saturated carbocycles. The molecule has 2 amide bonds. The lowest BCUT2D eigenvalue weighted by atomic mass is 9.94. The van der Waals surface area contributed by atoms with E-state index in [0.29, 0.717) is 6.61 Å². The summed E-state index contributed by atoms with van der Waals surface area (Å²) in [4.78, 5) is 34.3. The Bertz CT molecular complexity index is 701.